The van der Waals surface area contributed by atoms with E-state index in [9.17, 15) is 9.59 Å². The van der Waals surface area contributed by atoms with Crippen LogP contribution in [0.25, 0.3) is 0 Å². The van der Waals surface area contributed by atoms with E-state index in [1.165, 1.54) is 16.2 Å². The molecule has 2 atom stereocenters. The summed E-state index contributed by atoms with van der Waals surface area (Å²) in [5.74, 6) is -1.27. The van der Waals surface area contributed by atoms with Gasteiger partial charge >= 0.3 is 5.97 Å². The van der Waals surface area contributed by atoms with Crippen LogP contribution in [0.5, 0.6) is 0 Å². The van der Waals surface area contributed by atoms with Gasteiger partial charge in [0.1, 0.15) is 16.7 Å². The number of hydrogen-bond donors (Lipinski definition) is 2. The Balaban J connectivity index is 2.17. The first-order chi connectivity index (χ1) is 8.50. The zero-order valence-electron chi connectivity index (χ0n) is 10.00. The molecule has 1 aromatic heterocycles. The summed E-state index contributed by atoms with van der Waals surface area (Å²) in [5.41, 5.74) is 5.98. The van der Waals surface area contributed by atoms with Gasteiger partial charge in [-0.05, 0) is 19.8 Å². The fraction of sp³-hybridized carbons (Fsp3) is 0.545. The maximum Gasteiger partial charge on any atom is 0.326 e. The van der Waals surface area contributed by atoms with Crippen molar-refractivity contribution in [1.29, 1.82) is 0 Å². The molecule has 1 saturated heterocycles. The van der Waals surface area contributed by atoms with Crippen molar-refractivity contribution in [1.82, 2.24) is 9.88 Å². The zero-order valence-corrected chi connectivity index (χ0v) is 10.8. The number of aromatic nitrogens is 1. The number of carboxylic acid groups (broad SMARTS) is 1. The summed E-state index contributed by atoms with van der Waals surface area (Å²) >= 11 is 1.32. The third-order valence-electron chi connectivity index (χ3n) is 2.93. The van der Waals surface area contributed by atoms with Gasteiger partial charge in [0.25, 0.3) is 5.91 Å². The van der Waals surface area contributed by atoms with E-state index in [1.54, 1.807) is 12.3 Å². The number of nitrogens with two attached hydrogens (primary N) is 1. The number of rotatable bonds is 3. The first-order valence-electron chi connectivity index (χ1n) is 5.75. The molecule has 0 spiro atoms. The molecular formula is C11H15N3O3S. The second kappa shape index (κ2) is 5.03. The van der Waals surface area contributed by atoms with Gasteiger partial charge < -0.3 is 15.7 Å². The lowest BCUT2D eigenvalue weighted by atomic mass is 10.2. The van der Waals surface area contributed by atoms with Gasteiger partial charge in [0.2, 0.25) is 0 Å². The van der Waals surface area contributed by atoms with E-state index in [-0.39, 0.29) is 11.9 Å². The minimum atomic E-state index is -0.955. The molecule has 2 rings (SSSR count). The van der Waals surface area contributed by atoms with Crippen molar-refractivity contribution >= 4 is 23.2 Å². The molecule has 18 heavy (non-hydrogen) atoms. The van der Waals surface area contributed by atoms with Crippen LogP contribution in [-0.2, 0) is 4.79 Å². The fourth-order valence-corrected chi connectivity index (χ4v) is 2.76. The highest BCUT2D eigenvalue weighted by Gasteiger charge is 2.35. The van der Waals surface area contributed by atoms with Crippen LogP contribution in [0.3, 0.4) is 0 Å². The van der Waals surface area contributed by atoms with E-state index in [0.29, 0.717) is 30.1 Å². The van der Waals surface area contributed by atoms with Crippen molar-refractivity contribution in [2.45, 2.75) is 31.8 Å². The number of carbonyl (C=O) groups excluding carboxylic acids is 1. The maximum atomic E-state index is 12.2. The van der Waals surface area contributed by atoms with Gasteiger partial charge in [0, 0.05) is 11.9 Å². The number of thiazole rings is 1. The summed E-state index contributed by atoms with van der Waals surface area (Å²) in [4.78, 5) is 28.7. The monoisotopic (exact) mass is 269 g/mol. The van der Waals surface area contributed by atoms with Crippen LogP contribution in [0.1, 0.15) is 41.3 Å². The molecule has 1 aliphatic heterocycles. The number of hydrogen-bond acceptors (Lipinski definition) is 5. The number of carbonyl (C=O) groups is 2. The predicted molar refractivity (Wildman–Crippen MR) is 66.4 cm³/mol. The highest BCUT2D eigenvalue weighted by atomic mass is 32.1. The minimum absolute atomic E-state index is 0.217. The van der Waals surface area contributed by atoms with Gasteiger partial charge in [0.15, 0.2) is 0 Å². The number of aliphatic carboxylic acids is 1. The summed E-state index contributed by atoms with van der Waals surface area (Å²) in [6, 6.07) is -0.941. The second-order valence-electron chi connectivity index (χ2n) is 4.35. The zero-order chi connectivity index (χ0) is 13.3. The van der Waals surface area contributed by atoms with Crippen molar-refractivity contribution in [3.05, 3.63) is 16.1 Å². The Morgan fingerprint density at radius 1 is 1.67 bits per heavy atom. The van der Waals surface area contributed by atoms with Crippen molar-refractivity contribution < 1.29 is 14.7 Å². The van der Waals surface area contributed by atoms with Crippen LogP contribution in [0.2, 0.25) is 0 Å². The number of nitrogens with zero attached hydrogens (tertiary/aromatic N) is 2. The third-order valence-corrected chi connectivity index (χ3v) is 3.97. The van der Waals surface area contributed by atoms with Gasteiger partial charge in [-0.15, -0.1) is 11.3 Å². The molecule has 6 nitrogen and oxygen atoms in total. The van der Waals surface area contributed by atoms with Gasteiger partial charge in [0.05, 0.1) is 6.04 Å². The smallest absolute Gasteiger partial charge is 0.326 e. The van der Waals surface area contributed by atoms with Crippen molar-refractivity contribution in [2.75, 3.05) is 6.54 Å². The first-order valence-corrected chi connectivity index (χ1v) is 6.63. The lowest BCUT2D eigenvalue weighted by Crippen LogP contribution is -2.40. The molecule has 1 aliphatic rings. The first kappa shape index (κ1) is 13.0. The average molecular weight is 269 g/mol. The third kappa shape index (κ3) is 2.37. The Hall–Kier alpha value is -1.47. The standard InChI is InChI=1S/C11H15N3O3S/c1-6(12)9-13-7(5-18-9)10(15)14-4-2-3-8(14)11(16)17/h5-6,8H,2-4,12H2,1H3,(H,16,17)/t6?,8-/m0/s1. The molecule has 1 unspecified atom stereocenters. The SMILES string of the molecule is CC(N)c1nc(C(=O)N2CCC[C@H]2C(=O)O)cs1. The van der Waals surface area contributed by atoms with Gasteiger partial charge in [-0.3, -0.25) is 4.79 Å². The number of likely N-dealkylation sites (tertiary alicyclic amines) is 1. The fourth-order valence-electron chi connectivity index (χ4n) is 2.01. The van der Waals surface area contributed by atoms with E-state index < -0.39 is 12.0 Å². The van der Waals surface area contributed by atoms with Crippen LogP contribution in [-0.4, -0.2) is 39.5 Å². The molecule has 2 heterocycles. The molecule has 0 aromatic carbocycles. The molecule has 1 fully saturated rings. The number of carboxylic acids is 1. The molecule has 7 heteroatoms. The van der Waals surface area contributed by atoms with Gasteiger partial charge in [-0.2, -0.15) is 0 Å². The van der Waals surface area contributed by atoms with Crippen LogP contribution >= 0.6 is 11.3 Å². The summed E-state index contributed by atoms with van der Waals surface area (Å²) in [6.07, 6.45) is 1.22. The highest BCUT2D eigenvalue weighted by molar-refractivity contribution is 7.09. The molecule has 98 valence electrons. The van der Waals surface area contributed by atoms with Crippen LogP contribution in [0.15, 0.2) is 5.38 Å². The Kier molecular flexibility index (Phi) is 3.63. The Morgan fingerprint density at radius 2 is 2.39 bits per heavy atom. The van der Waals surface area contributed by atoms with E-state index >= 15 is 0 Å². The van der Waals surface area contributed by atoms with E-state index in [1.807, 2.05) is 0 Å². The lowest BCUT2D eigenvalue weighted by Gasteiger charge is -2.20. The summed E-state index contributed by atoms with van der Waals surface area (Å²) in [5, 5.41) is 11.4. The Bertz CT molecular complexity index is 472. The van der Waals surface area contributed by atoms with Crippen LogP contribution in [0.4, 0.5) is 0 Å². The van der Waals surface area contributed by atoms with E-state index in [2.05, 4.69) is 4.98 Å². The maximum absolute atomic E-state index is 12.2. The molecule has 0 radical (unpaired) electrons. The number of amides is 1. The van der Waals surface area contributed by atoms with Crippen LogP contribution in [0, 0.1) is 0 Å². The molecule has 0 bridgehead atoms. The normalized spacial score (nSPS) is 21.0. The summed E-state index contributed by atoms with van der Waals surface area (Å²) in [6.45, 7) is 2.27. The summed E-state index contributed by atoms with van der Waals surface area (Å²) in [7, 11) is 0. The Morgan fingerprint density at radius 3 is 2.94 bits per heavy atom. The van der Waals surface area contributed by atoms with E-state index in [0.717, 1.165) is 0 Å². The largest absolute Gasteiger partial charge is 0.480 e. The molecule has 1 amide bonds. The Labute approximate surface area is 108 Å². The summed E-state index contributed by atoms with van der Waals surface area (Å²) < 4.78 is 0. The topological polar surface area (TPSA) is 96.5 Å². The molecule has 0 saturated carbocycles. The predicted octanol–water partition coefficient (Wildman–Crippen LogP) is 0.852. The molecule has 0 aliphatic carbocycles. The second-order valence-corrected chi connectivity index (χ2v) is 5.24. The molecule has 3 N–H and O–H groups in total. The van der Waals surface area contributed by atoms with Crippen molar-refractivity contribution in [2.24, 2.45) is 5.73 Å². The highest BCUT2D eigenvalue weighted by Crippen LogP contribution is 2.22. The average Bonchev–Trinajstić information content (AvgIpc) is 2.97. The lowest BCUT2D eigenvalue weighted by molar-refractivity contribution is -0.141. The van der Waals surface area contributed by atoms with Gasteiger partial charge in [-0.25, -0.2) is 9.78 Å². The van der Waals surface area contributed by atoms with E-state index in [4.69, 9.17) is 10.8 Å². The van der Waals surface area contributed by atoms with Crippen LogP contribution < -0.4 is 5.73 Å². The minimum Gasteiger partial charge on any atom is -0.480 e. The molecule has 1 aromatic rings. The van der Waals surface area contributed by atoms with Gasteiger partial charge in [-0.1, -0.05) is 0 Å². The molecular weight excluding hydrogens is 254 g/mol. The van der Waals surface area contributed by atoms with Crippen molar-refractivity contribution in [3.8, 4) is 0 Å². The van der Waals surface area contributed by atoms with Crippen molar-refractivity contribution in [3.63, 3.8) is 0 Å². The quantitative estimate of drug-likeness (QED) is 0.848.